The summed E-state index contributed by atoms with van der Waals surface area (Å²) in [6, 6.07) is 34.4. The van der Waals surface area contributed by atoms with E-state index in [0.717, 1.165) is 45.2 Å². The molecular formula is C40H51ClN4PPd+. The zero-order chi connectivity index (χ0) is 32.1. The maximum Gasteiger partial charge on any atom is 0.183 e. The van der Waals surface area contributed by atoms with E-state index in [0.29, 0.717) is 0 Å². The Morgan fingerprint density at radius 1 is 0.660 bits per heavy atom. The number of para-hydroxylation sites is 1. The molecule has 3 aromatic carbocycles. The minimum Gasteiger partial charge on any atom is -0.230 e. The van der Waals surface area contributed by atoms with Gasteiger partial charge in [-0.3, -0.25) is 0 Å². The van der Waals surface area contributed by atoms with Crippen molar-refractivity contribution in [2.24, 2.45) is 0 Å². The summed E-state index contributed by atoms with van der Waals surface area (Å²) in [5.74, 6) is 0. The van der Waals surface area contributed by atoms with Gasteiger partial charge in [0.2, 0.25) is 0 Å². The Balaban J connectivity index is 0.000000790. The molecule has 7 rings (SSSR count). The first-order chi connectivity index (χ1) is 22.8. The normalized spacial score (nSPS) is 15.2. The van der Waals surface area contributed by atoms with Crippen LogP contribution in [0.4, 0.5) is 0 Å². The van der Waals surface area contributed by atoms with E-state index in [9.17, 15) is 0 Å². The van der Waals surface area contributed by atoms with E-state index in [1.807, 2.05) is 0 Å². The van der Waals surface area contributed by atoms with E-state index in [1.165, 1.54) is 76.1 Å². The predicted molar refractivity (Wildman–Crippen MR) is 201 cm³/mol. The SMILES string of the molecule is CCC.[CH3-].[Cl][Pd+].c1ccc(-c2nn(-c3ccccc3)c(-c3ccccc3)c2-n2nccc2[PH+](C2CCCCC2)C2CCCCC2)cc1. The van der Waals surface area contributed by atoms with Gasteiger partial charge in [0, 0.05) is 17.2 Å². The van der Waals surface area contributed by atoms with E-state index in [2.05, 4.69) is 154 Å². The van der Waals surface area contributed by atoms with Crippen molar-refractivity contribution in [3.8, 4) is 33.9 Å². The topological polar surface area (TPSA) is 35.6 Å². The van der Waals surface area contributed by atoms with Crippen molar-refractivity contribution in [2.75, 3.05) is 0 Å². The Morgan fingerprint density at radius 2 is 1.13 bits per heavy atom. The predicted octanol–water partition coefficient (Wildman–Crippen LogP) is 11.5. The molecule has 0 bridgehead atoms. The Morgan fingerprint density at radius 3 is 1.64 bits per heavy atom. The summed E-state index contributed by atoms with van der Waals surface area (Å²) in [4.78, 5) is 0. The molecule has 2 fully saturated rings. The fourth-order valence-electron chi connectivity index (χ4n) is 7.29. The smallest absolute Gasteiger partial charge is 0.183 e. The van der Waals surface area contributed by atoms with Gasteiger partial charge < -0.3 is 7.43 Å². The zero-order valence-electron chi connectivity index (χ0n) is 28.2. The van der Waals surface area contributed by atoms with Crippen molar-refractivity contribution in [1.82, 2.24) is 19.6 Å². The monoisotopic (exact) mass is 759 g/mol. The summed E-state index contributed by atoms with van der Waals surface area (Å²) < 4.78 is 4.49. The molecule has 2 aliphatic rings. The second kappa shape index (κ2) is 19.5. The van der Waals surface area contributed by atoms with Gasteiger partial charge in [0.25, 0.3) is 0 Å². The Bertz CT molecular complexity index is 1560. The van der Waals surface area contributed by atoms with Crippen molar-refractivity contribution in [3.63, 3.8) is 0 Å². The summed E-state index contributed by atoms with van der Waals surface area (Å²) >= 11 is 2.22. The second-order valence-electron chi connectivity index (χ2n) is 12.5. The molecule has 2 aliphatic carbocycles. The molecule has 252 valence electrons. The second-order valence-corrected chi connectivity index (χ2v) is 15.5. The molecular weight excluding hydrogens is 709 g/mol. The van der Waals surface area contributed by atoms with Crippen LogP contribution in [0.3, 0.4) is 0 Å². The fourth-order valence-corrected chi connectivity index (χ4v) is 11.5. The number of hydrogen-bond donors (Lipinski definition) is 0. The number of aromatic nitrogens is 4. The molecule has 0 unspecified atom stereocenters. The minimum atomic E-state index is -0.844. The van der Waals surface area contributed by atoms with Gasteiger partial charge in [0.15, 0.2) is 5.44 Å². The van der Waals surface area contributed by atoms with Crippen LogP contribution in [0.25, 0.3) is 33.9 Å². The molecule has 7 heteroatoms. The Hall–Kier alpha value is -2.54. The van der Waals surface area contributed by atoms with Gasteiger partial charge >= 0.3 is 27.7 Å². The molecule has 0 aliphatic heterocycles. The number of benzene rings is 3. The molecule has 0 N–H and O–H groups in total. The third-order valence-corrected chi connectivity index (χ3v) is 13.1. The van der Waals surface area contributed by atoms with Crippen LogP contribution >= 0.6 is 17.5 Å². The largest absolute Gasteiger partial charge is 0.230 e. The maximum atomic E-state index is 5.38. The minimum absolute atomic E-state index is 0. The van der Waals surface area contributed by atoms with Gasteiger partial charge in [-0.15, -0.1) is 0 Å². The summed E-state index contributed by atoms with van der Waals surface area (Å²) in [5, 5.41) is 10.5. The van der Waals surface area contributed by atoms with Crippen LogP contribution in [0.5, 0.6) is 0 Å². The number of nitrogens with zero attached hydrogens (tertiary/aromatic N) is 4. The van der Waals surface area contributed by atoms with Gasteiger partial charge in [-0.1, -0.05) is 112 Å². The van der Waals surface area contributed by atoms with Crippen molar-refractivity contribution in [1.29, 1.82) is 0 Å². The first-order valence-electron chi connectivity index (χ1n) is 17.1. The quantitative estimate of drug-likeness (QED) is 0.0941. The van der Waals surface area contributed by atoms with Crippen LogP contribution in [-0.4, -0.2) is 30.9 Å². The molecule has 0 saturated heterocycles. The zero-order valence-corrected chi connectivity index (χ0v) is 31.5. The fraction of sp³-hybridized carbons (Fsp3) is 0.375. The molecule has 0 atom stereocenters. The summed E-state index contributed by atoms with van der Waals surface area (Å²) in [6.45, 7) is 4.25. The third kappa shape index (κ3) is 8.93. The molecule has 47 heavy (non-hydrogen) atoms. The van der Waals surface area contributed by atoms with Crippen LogP contribution in [-0.2, 0) is 18.2 Å². The molecule has 0 spiro atoms. The van der Waals surface area contributed by atoms with Crippen LogP contribution < -0.4 is 5.44 Å². The van der Waals surface area contributed by atoms with Gasteiger partial charge in [-0.2, -0.15) is 14.9 Å². The van der Waals surface area contributed by atoms with Crippen molar-refractivity contribution >= 4 is 22.9 Å². The molecule has 0 radical (unpaired) electrons. The molecule has 5 aromatic rings. The molecule has 2 aromatic heterocycles. The van der Waals surface area contributed by atoms with Gasteiger partial charge in [-0.25, -0.2) is 4.68 Å². The van der Waals surface area contributed by atoms with E-state index >= 15 is 0 Å². The van der Waals surface area contributed by atoms with Crippen LogP contribution in [0, 0.1) is 7.43 Å². The molecule has 0 amide bonds. The summed E-state index contributed by atoms with van der Waals surface area (Å²) in [5.41, 5.74) is 9.70. The average molecular weight is 761 g/mol. The van der Waals surface area contributed by atoms with Crippen molar-refractivity contribution in [2.45, 2.75) is 95.8 Å². The van der Waals surface area contributed by atoms with Gasteiger partial charge in [0.05, 0.1) is 31.1 Å². The van der Waals surface area contributed by atoms with Crippen LogP contribution in [0.15, 0.2) is 103 Å². The third-order valence-electron chi connectivity index (χ3n) is 9.20. The van der Waals surface area contributed by atoms with Gasteiger partial charge in [-0.05, 0) is 63.5 Å². The number of rotatable bonds is 7. The number of halogens is 1. The van der Waals surface area contributed by atoms with E-state index in [1.54, 1.807) is 0 Å². The van der Waals surface area contributed by atoms with Crippen molar-refractivity contribution in [3.05, 3.63) is 111 Å². The average Bonchev–Trinajstić information content (AvgIpc) is 3.77. The first-order valence-corrected chi connectivity index (χ1v) is 20.8. The van der Waals surface area contributed by atoms with Crippen LogP contribution in [0.1, 0.15) is 84.5 Å². The van der Waals surface area contributed by atoms with E-state index in [4.69, 9.17) is 10.2 Å². The Labute approximate surface area is 299 Å². The standard InChI is InChI=1S/C36H39N4P.C3H8.CH3.ClH.Pd/c1-6-16-28(17-7-1)34-36(35(29-18-8-2-9-19-29)39(38-34)30-20-10-3-11-21-30)40-33(26-27-37-40)41(31-22-12-4-13-23-31)32-24-14-5-15-25-32;1-3-2;;;/h1-3,6-11,16-21,26-27,31-32H,4-5,12-15,22-25H2;3H2,1-2H3;1H3;1H;/q;;-1;;+2. The van der Waals surface area contributed by atoms with Crippen LogP contribution in [0.2, 0.25) is 0 Å². The summed E-state index contributed by atoms with van der Waals surface area (Å²) in [6.07, 6.45) is 17.2. The summed E-state index contributed by atoms with van der Waals surface area (Å²) in [7, 11) is 3.64. The number of hydrogen-bond acceptors (Lipinski definition) is 2. The van der Waals surface area contributed by atoms with Crippen molar-refractivity contribution < 1.29 is 18.2 Å². The Kier molecular flexibility index (Phi) is 15.4. The maximum absolute atomic E-state index is 5.38. The molecule has 2 saturated carbocycles. The molecule has 2 heterocycles. The van der Waals surface area contributed by atoms with E-state index in [-0.39, 0.29) is 7.43 Å². The van der Waals surface area contributed by atoms with Gasteiger partial charge in [0.1, 0.15) is 17.1 Å². The first kappa shape index (κ1) is 37.3. The molecule has 4 nitrogen and oxygen atoms in total. The van der Waals surface area contributed by atoms with E-state index < -0.39 is 7.92 Å².